The fourth-order valence-corrected chi connectivity index (χ4v) is 3.03. The molecular weight excluding hydrogens is 371 g/mol. The monoisotopic (exact) mass is 388 g/mol. The molecule has 0 bridgehead atoms. The van der Waals surface area contributed by atoms with Crippen LogP contribution in [0.15, 0.2) is 73.1 Å². The SMILES string of the molecule is CC(=O)Nc1cc(NC(=O)c2ccc(-n3cnc4ccccc43)cc2)ccc1F. The average molecular weight is 388 g/mol. The van der Waals surface area contributed by atoms with E-state index in [0.29, 0.717) is 11.3 Å². The summed E-state index contributed by atoms with van der Waals surface area (Å²) in [5, 5.41) is 5.10. The van der Waals surface area contributed by atoms with E-state index in [9.17, 15) is 14.0 Å². The predicted molar refractivity (Wildman–Crippen MR) is 110 cm³/mol. The zero-order valence-corrected chi connectivity index (χ0v) is 15.5. The van der Waals surface area contributed by atoms with Gasteiger partial charge >= 0.3 is 0 Å². The number of fused-ring (bicyclic) bond motifs is 1. The molecule has 0 aliphatic heterocycles. The van der Waals surface area contributed by atoms with Crippen LogP contribution >= 0.6 is 0 Å². The summed E-state index contributed by atoms with van der Waals surface area (Å²) in [4.78, 5) is 28.1. The fraction of sp³-hybridized carbons (Fsp3) is 0.0455. The van der Waals surface area contributed by atoms with Crippen molar-refractivity contribution in [2.45, 2.75) is 6.92 Å². The molecule has 7 heteroatoms. The minimum absolute atomic E-state index is 0.0117. The molecular formula is C22H17FN4O2. The highest BCUT2D eigenvalue weighted by atomic mass is 19.1. The van der Waals surface area contributed by atoms with E-state index in [-0.39, 0.29) is 11.6 Å². The van der Waals surface area contributed by atoms with Crippen molar-refractivity contribution in [3.8, 4) is 5.69 Å². The summed E-state index contributed by atoms with van der Waals surface area (Å²) in [6.45, 7) is 1.29. The minimum Gasteiger partial charge on any atom is -0.324 e. The second kappa shape index (κ2) is 7.55. The normalized spacial score (nSPS) is 10.7. The summed E-state index contributed by atoms with van der Waals surface area (Å²) in [6.07, 6.45) is 1.74. The van der Waals surface area contributed by atoms with Gasteiger partial charge in [0.05, 0.1) is 16.7 Å². The van der Waals surface area contributed by atoms with Crippen LogP contribution in [0.4, 0.5) is 15.8 Å². The van der Waals surface area contributed by atoms with E-state index < -0.39 is 11.7 Å². The zero-order valence-electron chi connectivity index (χ0n) is 15.5. The van der Waals surface area contributed by atoms with Gasteiger partial charge in [0, 0.05) is 23.9 Å². The van der Waals surface area contributed by atoms with Crippen molar-refractivity contribution in [2.75, 3.05) is 10.6 Å². The van der Waals surface area contributed by atoms with Crippen LogP contribution in [0.3, 0.4) is 0 Å². The number of rotatable bonds is 4. The van der Waals surface area contributed by atoms with Gasteiger partial charge in [-0.05, 0) is 54.6 Å². The van der Waals surface area contributed by atoms with Crippen molar-refractivity contribution >= 4 is 34.2 Å². The zero-order chi connectivity index (χ0) is 20.4. The molecule has 0 aliphatic rings. The molecule has 1 aromatic heterocycles. The van der Waals surface area contributed by atoms with Crippen LogP contribution in [0.5, 0.6) is 0 Å². The van der Waals surface area contributed by atoms with Gasteiger partial charge in [0.2, 0.25) is 5.91 Å². The Morgan fingerprint density at radius 1 is 0.966 bits per heavy atom. The summed E-state index contributed by atoms with van der Waals surface area (Å²) in [5.41, 5.74) is 3.58. The number of anilines is 2. The van der Waals surface area contributed by atoms with Crippen LogP contribution in [0.25, 0.3) is 16.7 Å². The van der Waals surface area contributed by atoms with Crippen molar-refractivity contribution in [2.24, 2.45) is 0 Å². The lowest BCUT2D eigenvalue weighted by Crippen LogP contribution is -2.13. The first-order valence-corrected chi connectivity index (χ1v) is 8.92. The Kier molecular flexibility index (Phi) is 4.78. The number of nitrogens with zero attached hydrogens (tertiary/aromatic N) is 2. The van der Waals surface area contributed by atoms with Crippen LogP contribution in [-0.2, 0) is 4.79 Å². The minimum atomic E-state index is -0.574. The van der Waals surface area contributed by atoms with E-state index >= 15 is 0 Å². The summed E-state index contributed by atoms with van der Waals surface area (Å²) in [5.74, 6) is -1.31. The molecule has 0 spiro atoms. The molecule has 4 rings (SSSR count). The Balaban J connectivity index is 1.54. The number of carbonyl (C=O) groups is 2. The standard InChI is InChI=1S/C22H17FN4O2/c1-14(28)25-20-12-16(8-11-18(20)23)26-22(29)15-6-9-17(10-7-15)27-13-24-19-4-2-3-5-21(19)27/h2-13H,1H3,(H,25,28)(H,26,29). The second-order valence-corrected chi connectivity index (χ2v) is 6.48. The maximum absolute atomic E-state index is 13.7. The van der Waals surface area contributed by atoms with E-state index in [1.807, 2.05) is 41.0 Å². The molecule has 0 atom stereocenters. The number of benzene rings is 3. The molecule has 1 heterocycles. The first kappa shape index (κ1) is 18.4. The molecule has 6 nitrogen and oxygen atoms in total. The number of aromatic nitrogens is 2. The molecule has 4 aromatic rings. The Morgan fingerprint density at radius 3 is 2.48 bits per heavy atom. The topological polar surface area (TPSA) is 76.0 Å². The smallest absolute Gasteiger partial charge is 0.255 e. The van der Waals surface area contributed by atoms with Gasteiger partial charge in [-0.15, -0.1) is 0 Å². The van der Waals surface area contributed by atoms with E-state index in [1.54, 1.807) is 18.5 Å². The lowest BCUT2D eigenvalue weighted by molar-refractivity contribution is -0.114. The molecule has 0 unspecified atom stereocenters. The summed E-state index contributed by atoms with van der Waals surface area (Å²) in [7, 11) is 0. The van der Waals surface area contributed by atoms with Crippen molar-refractivity contribution in [1.29, 1.82) is 0 Å². The van der Waals surface area contributed by atoms with E-state index in [2.05, 4.69) is 15.6 Å². The predicted octanol–water partition coefficient (Wildman–Crippen LogP) is 4.38. The number of nitrogens with one attached hydrogen (secondary N) is 2. The molecule has 144 valence electrons. The highest BCUT2D eigenvalue weighted by Crippen LogP contribution is 2.21. The van der Waals surface area contributed by atoms with Gasteiger partial charge in [0.25, 0.3) is 5.91 Å². The third-order valence-electron chi connectivity index (χ3n) is 4.40. The molecule has 0 saturated heterocycles. The van der Waals surface area contributed by atoms with Crippen LogP contribution < -0.4 is 10.6 Å². The quantitative estimate of drug-likeness (QED) is 0.545. The summed E-state index contributed by atoms with van der Waals surface area (Å²) in [6, 6.07) is 18.9. The molecule has 0 saturated carbocycles. The Morgan fingerprint density at radius 2 is 1.72 bits per heavy atom. The number of hydrogen-bond donors (Lipinski definition) is 2. The molecule has 0 fully saturated rings. The lowest BCUT2D eigenvalue weighted by atomic mass is 10.1. The van der Waals surface area contributed by atoms with Gasteiger partial charge < -0.3 is 10.6 Å². The Bertz CT molecular complexity index is 1220. The first-order chi connectivity index (χ1) is 14.0. The number of halogens is 1. The van der Waals surface area contributed by atoms with Gasteiger partial charge in [-0.25, -0.2) is 9.37 Å². The van der Waals surface area contributed by atoms with Crippen LogP contribution in [-0.4, -0.2) is 21.4 Å². The van der Waals surface area contributed by atoms with E-state index in [1.165, 1.54) is 25.1 Å². The van der Waals surface area contributed by atoms with Gasteiger partial charge in [-0.2, -0.15) is 0 Å². The van der Waals surface area contributed by atoms with Crippen molar-refractivity contribution < 1.29 is 14.0 Å². The summed E-state index contributed by atoms with van der Waals surface area (Å²) >= 11 is 0. The highest BCUT2D eigenvalue weighted by molar-refractivity contribution is 6.04. The van der Waals surface area contributed by atoms with Gasteiger partial charge in [0.15, 0.2) is 0 Å². The third kappa shape index (κ3) is 3.84. The number of carbonyl (C=O) groups excluding carboxylic acids is 2. The summed E-state index contributed by atoms with van der Waals surface area (Å²) < 4.78 is 15.7. The maximum atomic E-state index is 13.7. The third-order valence-corrected chi connectivity index (χ3v) is 4.40. The number of imidazole rings is 1. The van der Waals surface area contributed by atoms with Crippen LogP contribution in [0, 0.1) is 5.82 Å². The average Bonchev–Trinajstić information content (AvgIpc) is 3.14. The molecule has 29 heavy (non-hydrogen) atoms. The van der Waals surface area contributed by atoms with Crippen molar-refractivity contribution in [3.05, 3.63) is 84.4 Å². The number of para-hydroxylation sites is 2. The fourth-order valence-electron chi connectivity index (χ4n) is 3.03. The number of hydrogen-bond acceptors (Lipinski definition) is 3. The van der Waals surface area contributed by atoms with Gasteiger partial charge in [-0.1, -0.05) is 12.1 Å². The first-order valence-electron chi connectivity index (χ1n) is 8.92. The van der Waals surface area contributed by atoms with Crippen molar-refractivity contribution in [3.63, 3.8) is 0 Å². The number of amides is 2. The molecule has 2 N–H and O–H groups in total. The maximum Gasteiger partial charge on any atom is 0.255 e. The molecule has 0 radical (unpaired) electrons. The molecule has 3 aromatic carbocycles. The van der Waals surface area contributed by atoms with E-state index in [4.69, 9.17) is 0 Å². The molecule has 2 amide bonds. The van der Waals surface area contributed by atoms with Crippen molar-refractivity contribution in [1.82, 2.24) is 9.55 Å². The van der Waals surface area contributed by atoms with Crippen LogP contribution in [0.1, 0.15) is 17.3 Å². The van der Waals surface area contributed by atoms with Crippen LogP contribution in [0.2, 0.25) is 0 Å². The largest absolute Gasteiger partial charge is 0.324 e. The Hall–Kier alpha value is -4.00. The lowest BCUT2D eigenvalue weighted by Gasteiger charge is -2.10. The van der Waals surface area contributed by atoms with Gasteiger partial charge in [-0.3, -0.25) is 14.2 Å². The van der Waals surface area contributed by atoms with Gasteiger partial charge in [0.1, 0.15) is 12.1 Å². The second-order valence-electron chi connectivity index (χ2n) is 6.48. The highest BCUT2D eigenvalue weighted by Gasteiger charge is 2.10. The Labute approximate surface area is 166 Å². The van der Waals surface area contributed by atoms with E-state index in [0.717, 1.165) is 16.7 Å². The molecule has 0 aliphatic carbocycles.